The molecular formula is C16H24BrNO. The van der Waals surface area contributed by atoms with Crippen LogP contribution in [0.15, 0.2) is 16.7 Å². The molecule has 106 valence electrons. The number of pyridine rings is 1. The summed E-state index contributed by atoms with van der Waals surface area (Å²) in [5.41, 5.74) is 1.18. The molecule has 1 fully saturated rings. The molecule has 0 bridgehead atoms. The second-order valence-electron chi connectivity index (χ2n) is 6.25. The molecule has 0 N–H and O–H groups in total. The van der Waals surface area contributed by atoms with Crippen LogP contribution in [0.5, 0.6) is 5.88 Å². The summed E-state index contributed by atoms with van der Waals surface area (Å²) in [6, 6.07) is 2.03. The molecule has 3 unspecified atom stereocenters. The van der Waals surface area contributed by atoms with Crippen LogP contribution in [-0.4, -0.2) is 11.1 Å². The number of hydrogen-bond acceptors (Lipinski definition) is 2. The van der Waals surface area contributed by atoms with Gasteiger partial charge < -0.3 is 4.74 Å². The number of nitrogens with zero attached hydrogens (tertiary/aromatic N) is 1. The SMILES string of the molecule is Cc1cc(OC2CC(C)CCC2C(C)C)ncc1Br. The van der Waals surface area contributed by atoms with E-state index in [2.05, 4.69) is 48.6 Å². The molecule has 0 aromatic carbocycles. The van der Waals surface area contributed by atoms with E-state index in [1.165, 1.54) is 18.4 Å². The summed E-state index contributed by atoms with van der Waals surface area (Å²) >= 11 is 3.48. The third-order valence-corrected chi connectivity index (χ3v) is 5.09. The van der Waals surface area contributed by atoms with E-state index in [0.717, 1.165) is 22.7 Å². The molecule has 19 heavy (non-hydrogen) atoms. The van der Waals surface area contributed by atoms with Gasteiger partial charge in [-0.15, -0.1) is 0 Å². The number of halogens is 1. The lowest BCUT2D eigenvalue weighted by Crippen LogP contribution is -2.36. The Bertz CT molecular complexity index is 433. The molecular weight excluding hydrogens is 302 g/mol. The van der Waals surface area contributed by atoms with E-state index in [1.807, 2.05) is 12.3 Å². The van der Waals surface area contributed by atoms with Crippen LogP contribution in [0.25, 0.3) is 0 Å². The second-order valence-corrected chi connectivity index (χ2v) is 7.11. The van der Waals surface area contributed by atoms with Crippen molar-refractivity contribution in [3.63, 3.8) is 0 Å². The van der Waals surface area contributed by atoms with Gasteiger partial charge in [0.05, 0.1) is 0 Å². The number of aryl methyl sites for hydroxylation is 1. The van der Waals surface area contributed by atoms with Crippen LogP contribution in [0, 0.1) is 24.7 Å². The van der Waals surface area contributed by atoms with Crippen molar-refractivity contribution in [2.45, 2.75) is 53.1 Å². The van der Waals surface area contributed by atoms with E-state index in [4.69, 9.17) is 4.74 Å². The fraction of sp³-hybridized carbons (Fsp3) is 0.688. The van der Waals surface area contributed by atoms with E-state index in [1.54, 1.807) is 0 Å². The molecule has 0 saturated heterocycles. The summed E-state index contributed by atoms with van der Waals surface area (Å²) in [4.78, 5) is 4.38. The van der Waals surface area contributed by atoms with Crippen molar-refractivity contribution in [1.29, 1.82) is 0 Å². The maximum atomic E-state index is 6.20. The molecule has 1 aliphatic carbocycles. The first-order valence-corrected chi connectivity index (χ1v) is 8.05. The molecule has 1 aliphatic rings. The van der Waals surface area contributed by atoms with Gasteiger partial charge in [-0.05, 0) is 59.0 Å². The molecule has 3 heteroatoms. The standard InChI is InChI=1S/C16H24BrNO/c1-10(2)13-6-5-11(3)7-15(13)19-16-8-12(4)14(17)9-18-16/h8-11,13,15H,5-7H2,1-4H3. The van der Waals surface area contributed by atoms with Gasteiger partial charge in [-0.2, -0.15) is 0 Å². The van der Waals surface area contributed by atoms with Crippen LogP contribution in [0.4, 0.5) is 0 Å². The third kappa shape index (κ3) is 3.71. The lowest BCUT2D eigenvalue weighted by atomic mass is 9.75. The quantitative estimate of drug-likeness (QED) is 0.780. The molecule has 0 amide bonds. The normalized spacial score (nSPS) is 27.6. The highest BCUT2D eigenvalue weighted by Crippen LogP contribution is 2.35. The van der Waals surface area contributed by atoms with E-state index >= 15 is 0 Å². The molecule has 1 aromatic rings. The van der Waals surface area contributed by atoms with Crippen molar-refractivity contribution in [2.75, 3.05) is 0 Å². The maximum Gasteiger partial charge on any atom is 0.213 e. The van der Waals surface area contributed by atoms with Gasteiger partial charge in [0.25, 0.3) is 0 Å². The van der Waals surface area contributed by atoms with Crippen molar-refractivity contribution in [3.8, 4) is 5.88 Å². The highest BCUT2D eigenvalue weighted by molar-refractivity contribution is 9.10. The first-order chi connectivity index (χ1) is 8.97. The van der Waals surface area contributed by atoms with E-state index in [0.29, 0.717) is 17.9 Å². The maximum absolute atomic E-state index is 6.20. The molecule has 1 aromatic heterocycles. The fourth-order valence-electron chi connectivity index (χ4n) is 2.98. The summed E-state index contributed by atoms with van der Waals surface area (Å²) in [6.07, 6.45) is 5.91. The Morgan fingerprint density at radius 2 is 2.11 bits per heavy atom. The van der Waals surface area contributed by atoms with Crippen molar-refractivity contribution in [2.24, 2.45) is 17.8 Å². The summed E-state index contributed by atoms with van der Waals surface area (Å²) < 4.78 is 7.24. The molecule has 3 atom stereocenters. The Labute approximate surface area is 125 Å². The molecule has 2 rings (SSSR count). The van der Waals surface area contributed by atoms with Gasteiger partial charge in [-0.3, -0.25) is 0 Å². The number of aromatic nitrogens is 1. The van der Waals surface area contributed by atoms with Crippen molar-refractivity contribution >= 4 is 15.9 Å². The van der Waals surface area contributed by atoms with Crippen LogP contribution in [-0.2, 0) is 0 Å². The summed E-state index contributed by atoms with van der Waals surface area (Å²) in [7, 11) is 0. The van der Waals surface area contributed by atoms with Gasteiger partial charge in [-0.25, -0.2) is 4.98 Å². The lowest BCUT2D eigenvalue weighted by Gasteiger charge is -2.37. The largest absolute Gasteiger partial charge is 0.474 e. The smallest absolute Gasteiger partial charge is 0.213 e. The van der Waals surface area contributed by atoms with Gasteiger partial charge >= 0.3 is 0 Å². The highest BCUT2D eigenvalue weighted by Gasteiger charge is 2.32. The van der Waals surface area contributed by atoms with Crippen LogP contribution in [0.2, 0.25) is 0 Å². The fourth-order valence-corrected chi connectivity index (χ4v) is 3.20. The van der Waals surface area contributed by atoms with Gasteiger partial charge in [-0.1, -0.05) is 27.2 Å². The monoisotopic (exact) mass is 325 g/mol. The zero-order valence-corrected chi connectivity index (χ0v) is 13.9. The molecule has 1 heterocycles. The van der Waals surface area contributed by atoms with Crippen LogP contribution in [0.1, 0.15) is 45.6 Å². The third-order valence-electron chi connectivity index (χ3n) is 4.26. The molecule has 0 radical (unpaired) electrons. The number of ether oxygens (including phenoxy) is 1. The lowest BCUT2D eigenvalue weighted by molar-refractivity contribution is 0.0426. The first kappa shape index (κ1) is 14.8. The zero-order valence-electron chi connectivity index (χ0n) is 12.3. The van der Waals surface area contributed by atoms with Crippen LogP contribution >= 0.6 is 15.9 Å². The van der Waals surface area contributed by atoms with Crippen molar-refractivity contribution in [1.82, 2.24) is 4.98 Å². The van der Waals surface area contributed by atoms with Crippen molar-refractivity contribution < 1.29 is 4.74 Å². The topological polar surface area (TPSA) is 22.1 Å². The predicted octanol–water partition coefficient (Wildman–Crippen LogP) is 4.99. The summed E-state index contributed by atoms with van der Waals surface area (Å²) in [5, 5.41) is 0. The van der Waals surface area contributed by atoms with Gasteiger partial charge in [0.15, 0.2) is 0 Å². The molecule has 1 saturated carbocycles. The molecule has 0 spiro atoms. The minimum absolute atomic E-state index is 0.317. The Morgan fingerprint density at radius 3 is 2.74 bits per heavy atom. The number of hydrogen-bond donors (Lipinski definition) is 0. The Kier molecular flexibility index (Phi) is 4.88. The van der Waals surface area contributed by atoms with E-state index < -0.39 is 0 Å². The molecule has 2 nitrogen and oxygen atoms in total. The minimum Gasteiger partial charge on any atom is -0.474 e. The Hall–Kier alpha value is -0.570. The Balaban J connectivity index is 2.11. The zero-order chi connectivity index (χ0) is 14.0. The summed E-state index contributed by atoms with van der Waals surface area (Å²) in [5.74, 6) is 2.86. The molecule has 0 aliphatic heterocycles. The van der Waals surface area contributed by atoms with Gasteiger partial charge in [0, 0.05) is 16.7 Å². The average molecular weight is 326 g/mol. The van der Waals surface area contributed by atoms with Crippen LogP contribution in [0.3, 0.4) is 0 Å². The Morgan fingerprint density at radius 1 is 1.37 bits per heavy atom. The van der Waals surface area contributed by atoms with Crippen molar-refractivity contribution in [3.05, 3.63) is 22.3 Å². The predicted molar refractivity (Wildman–Crippen MR) is 82.4 cm³/mol. The van der Waals surface area contributed by atoms with Gasteiger partial charge in [0.2, 0.25) is 5.88 Å². The number of rotatable bonds is 3. The van der Waals surface area contributed by atoms with Crippen LogP contribution < -0.4 is 4.74 Å². The van der Waals surface area contributed by atoms with Gasteiger partial charge in [0.1, 0.15) is 6.10 Å². The highest BCUT2D eigenvalue weighted by atomic mass is 79.9. The average Bonchev–Trinajstić information content (AvgIpc) is 2.33. The first-order valence-electron chi connectivity index (χ1n) is 7.26. The van der Waals surface area contributed by atoms with E-state index in [9.17, 15) is 0 Å². The second kappa shape index (κ2) is 6.25. The minimum atomic E-state index is 0.317. The van der Waals surface area contributed by atoms with E-state index in [-0.39, 0.29) is 0 Å². The summed E-state index contributed by atoms with van der Waals surface area (Å²) in [6.45, 7) is 9.00.